The van der Waals surface area contributed by atoms with E-state index >= 15 is 0 Å². The Hall–Kier alpha value is -2.13. The zero-order valence-electron chi connectivity index (χ0n) is 14.8. The SMILES string of the molecule is Cc1ccccc1CC(CO)CNC(=O)C(C)c1ccccc1C. The third-order valence-electron chi connectivity index (χ3n) is 4.64. The number of hydrogen-bond acceptors (Lipinski definition) is 2. The molecule has 1 amide bonds. The van der Waals surface area contributed by atoms with Crippen molar-refractivity contribution in [2.24, 2.45) is 5.92 Å². The van der Waals surface area contributed by atoms with Crippen LogP contribution in [0.1, 0.15) is 35.1 Å². The van der Waals surface area contributed by atoms with Crippen molar-refractivity contribution in [1.82, 2.24) is 5.32 Å². The van der Waals surface area contributed by atoms with Crippen molar-refractivity contribution in [3.63, 3.8) is 0 Å². The molecule has 0 aliphatic rings. The maximum Gasteiger partial charge on any atom is 0.227 e. The molecule has 0 saturated carbocycles. The highest BCUT2D eigenvalue weighted by Gasteiger charge is 2.18. The maximum absolute atomic E-state index is 12.4. The van der Waals surface area contributed by atoms with E-state index < -0.39 is 0 Å². The second kappa shape index (κ2) is 8.65. The van der Waals surface area contributed by atoms with Gasteiger partial charge < -0.3 is 10.4 Å². The van der Waals surface area contributed by atoms with Gasteiger partial charge in [-0.25, -0.2) is 0 Å². The molecule has 0 radical (unpaired) electrons. The van der Waals surface area contributed by atoms with E-state index in [1.54, 1.807) is 0 Å². The van der Waals surface area contributed by atoms with Gasteiger partial charge in [-0.2, -0.15) is 0 Å². The standard InChI is InChI=1S/C21H27NO2/c1-15-8-4-6-10-19(15)12-18(14-23)13-22-21(24)17(3)20-11-7-5-9-16(20)2/h4-11,17-18,23H,12-14H2,1-3H3,(H,22,24). The highest BCUT2D eigenvalue weighted by molar-refractivity contribution is 5.83. The molecule has 0 aliphatic heterocycles. The van der Waals surface area contributed by atoms with Gasteiger partial charge in [0.2, 0.25) is 5.91 Å². The first-order valence-electron chi connectivity index (χ1n) is 8.51. The summed E-state index contributed by atoms with van der Waals surface area (Å²) in [7, 11) is 0. The lowest BCUT2D eigenvalue weighted by Crippen LogP contribution is -2.34. The maximum atomic E-state index is 12.4. The molecule has 0 aliphatic carbocycles. The summed E-state index contributed by atoms with van der Waals surface area (Å²) in [5.74, 6) is -0.157. The molecular formula is C21H27NO2. The zero-order valence-corrected chi connectivity index (χ0v) is 14.8. The first-order chi connectivity index (χ1) is 11.5. The minimum absolute atomic E-state index is 0.00698. The summed E-state index contributed by atoms with van der Waals surface area (Å²) in [6.45, 7) is 6.57. The van der Waals surface area contributed by atoms with Crippen LogP contribution in [-0.2, 0) is 11.2 Å². The van der Waals surface area contributed by atoms with Crippen LogP contribution in [0.5, 0.6) is 0 Å². The number of rotatable bonds is 7. The predicted molar refractivity (Wildman–Crippen MR) is 98.1 cm³/mol. The first kappa shape index (κ1) is 18.2. The number of nitrogens with one attached hydrogen (secondary N) is 1. The van der Waals surface area contributed by atoms with Gasteiger partial charge >= 0.3 is 0 Å². The minimum atomic E-state index is -0.191. The Balaban J connectivity index is 1.94. The molecule has 2 aromatic rings. The Morgan fingerprint density at radius 2 is 1.67 bits per heavy atom. The summed E-state index contributed by atoms with van der Waals surface area (Å²) >= 11 is 0. The van der Waals surface area contributed by atoms with E-state index in [0.717, 1.165) is 17.5 Å². The average Bonchev–Trinajstić information content (AvgIpc) is 2.59. The Bertz CT molecular complexity index is 681. The van der Waals surface area contributed by atoms with Crippen LogP contribution in [0.3, 0.4) is 0 Å². The lowest BCUT2D eigenvalue weighted by Gasteiger charge is -2.19. The molecule has 128 valence electrons. The van der Waals surface area contributed by atoms with Gasteiger partial charge in [-0.15, -0.1) is 0 Å². The third kappa shape index (κ3) is 4.68. The van der Waals surface area contributed by atoms with Gasteiger partial charge in [0.05, 0.1) is 5.92 Å². The molecule has 2 N–H and O–H groups in total. The van der Waals surface area contributed by atoms with Crippen molar-refractivity contribution in [3.8, 4) is 0 Å². The van der Waals surface area contributed by atoms with E-state index in [2.05, 4.69) is 24.4 Å². The van der Waals surface area contributed by atoms with Crippen molar-refractivity contribution < 1.29 is 9.90 Å². The largest absolute Gasteiger partial charge is 0.396 e. The molecule has 2 unspecified atom stereocenters. The van der Waals surface area contributed by atoms with E-state index in [1.165, 1.54) is 11.1 Å². The molecule has 2 atom stereocenters. The predicted octanol–water partition coefficient (Wildman–Crippen LogP) is 3.37. The van der Waals surface area contributed by atoms with E-state index in [9.17, 15) is 9.90 Å². The fraction of sp³-hybridized carbons (Fsp3) is 0.381. The highest BCUT2D eigenvalue weighted by Crippen LogP contribution is 2.19. The topological polar surface area (TPSA) is 49.3 Å². The summed E-state index contributed by atoms with van der Waals surface area (Å²) in [4.78, 5) is 12.4. The van der Waals surface area contributed by atoms with Gasteiger partial charge in [0, 0.05) is 19.1 Å². The van der Waals surface area contributed by atoms with Crippen LogP contribution in [0, 0.1) is 19.8 Å². The van der Waals surface area contributed by atoms with Crippen LogP contribution in [0.25, 0.3) is 0 Å². The molecule has 2 aromatic carbocycles. The third-order valence-corrected chi connectivity index (χ3v) is 4.64. The van der Waals surface area contributed by atoms with Gasteiger partial charge in [-0.1, -0.05) is 48.5 Å². The number of carbonyl (C=O) groups is 1. The van der Waals surface area contributed by atoms with Crippen LogP contribution >= 0.6 is 0 Å². The van der Waals surface area contributed by atoms with Crippen LogP contribution in [0.4, 0.5) is 0 Å². The van der Waals surface area contributed by atoms with Crippen molar-refractivity contribution >= 4 is 5.91 Å². The summed E-state index contributed by atoms with van der Waals surface area (Å²) in [6, 6.07) is 16.1. The van der Waals surface area contributed by atoms with E-state index in [1.807, 2.05) is 50.2 Å². The number of aliphatic hydroxyl groups is 1. The van der Waals surface area contributed by atoms with Crippen molar-refractivity contribution in [2.75, 3.05) is 13.2 Å². The van der Waals surface area contributed by atoms with Gasteiger partial charge in [-0.05, 0) is 49.4 Å². The minimum Gasteiger partial charge on any atom is -0.396 e. The van der Waals surface area contributed by atoms with Gasteiger partial charge in [0.15, 0.2) is 0 Å². The molecule has 0 bridgehead atoms. The molecule has 0 saturated heterocycles. The molecular weight excluding hydrogens is 298 g/mol. The second-order valence-electron chi connectivity index (χ2n) is 6.50. The summed E-state index contributed by atoms with van der Waals surface area (Å²) in [5, 5.41) is 12.6. The molecule has 0 spiro atoms. The van der Waals surface area contributed by atoms with Crippen molar-refractivity contribution in [2.45, 2.75) is 33.1 Å². The summed E-state index contributed by atoms with van der Waals surface area (Å²) in [5.41, 5.74) is 4.61. The molecule has 0 fully saturated rings. The molecule has 3 nitrogen and oxygen atoms in total. The Morgan fingerprint density at radius 3 is 2.29 bits per heavy atom. The summed E-state index contributed by atoms with van der Waals surface area (Å²) in [6.07, 6.45) is 0.766. The molecule has 2 rings (SSSR count). The number of hydrogen-bond donors (Lipinski definition) is 2. The fourth-order valence-electron chi connectivity index (χ4n) is 2.96. The monoisotopic (exact) mass is 325 g/mol. The van der Waals surface area contributed by atoms with E-state index in [-0.39, 0.29) is 24.3 Å². The lowest BCUT2D eigenvalue weighted by molar-refractivity contribution is -0.122. The highest BCUT2D eigenvalue weighted by atomic mass is 16.3. The van der Waals surface area contributed by atoms with E-state index in [0.29, 0.717) is 6.54 Å². The summed E-state index contributed by atoms with van der Waals surface area (Å²) < 4.78 is 0. The number of aliphatic hydroxyl groups excluding tert-OH is 1. The van der Waals surface area contributed by atoms with Crippen LogP contribution < -0.4 is 5.32 Å². The first-order valence-corrected chi connectivity index (χ1v) is 8.51. The Kier molecular flexibility index (Phi) is 6.56. The van der Waals surface area contributed by atoms with Crippen molar-refractivity contribution in [3.05, 3.63) is 70.8 Å². The van der Waals surface area contributed by atoms with Gasteiger partial charge in [0.1, 0.15) is 0 Å². The number of carbonyl (C=O) groups excluding carboxylic acids is 1. The number of benzene rings is 2. The Labute approximate surface area is 144 Å². The lowest BCUT2D eigenvalue weighted by atomic mass is 9.94. The van der Waals surface area contributed by atoms with Crippen LogP contribution in [-0.4, -0.2) is 24.2 Å². The van der Waals surface area contributed by atoms with Crippen LogP contribution in [0.15, 0.2) is 48.5 Å². The van der Waals surface area contributed by atoms with Crippen LogP contribution in [0.2, 0.25) is 0 Å². The zero-order chi connectivity index (χ0) is 17.5. The van der Waals surface area contributed by atoms with Crippen molar-refractivity contribution in [1.29, 1.82) is 0 Å². The quantitative estimate of drug-likeness (QED) is 0.820. The second-order valence-corrected chi connectivity index (χ2v) is 6.50. The van der Waals surface area contributed by atoms with Gasteiger partial charge in [-0.3, -0.25) is 4.79 Å². The fourth-order valence-corrected chi connectivity index (χ4v) is 2.96. The molecule has 0 aromatic heterocycles. The molecule has 3 heteroatoms. The number of aryl methyl sites for hydroxylation is 2. The average molecular weight is 325 g/mol. The molecule has 0 heterocycles. The Morgan fingerprint density at radius 1 is 1.04 bits per heavy atom. The smallest absolute Gasteiger partial charge is 0.227 e. The van der Waals surface area contributed by atoms with Gasteiger partial charge in [0.25, 0.3) is 0 Å². The molecule has 24 heavy (non-hydrogen) atoms. The van der Waals surface area contributed by atoms with E-state index in [4.69, 9.17) is 0 Å². The number of amides is 1. The normalized spacial score (nSPS) is 13.3.